The Bertz CT molecular complexity index is 841. The summed E-state index contributed by atoms with van der Waals surface area (Å²) in [6.45, 7) is 9.33. The zero-order valence-electron chi connectivity index (χ0n) is 14.3. The number of fused-ring (bicyclic) bond motifs is 1. The molecular weight excluding hydrogens is 298 g/mol. The molecule has 0 unspecified atom stereocenters. The minimum absolute atomic E-state index is 0.852. The summed E-state index contributed by atoms with van der Waals surface area (Å²) >= 11 is 0. The minimum Gasteiger partial charge on any atom is -0.314 e. The van der Waals surface area contributed by atoms with Gasteiger partial charge in [0.15, 0.2) is 5.65 Å². The van der Waals surface area contributed by atoms with Crippen molar-refractivity contribution in [1.82, 2.24) is 24.8 Å². The fourth-order valence-corrected chi connectivity index (χ4v) is 3.49. The Morgan fingerprint density at radius 3 is 2.58 bits per heavy atom. The summed E-state index contributed by atoms with van der Waals surface area (Å²) in [7, 11) is 0. The quantitative estimate of drug-likeness (QED) is 0.805. The molecule has 0 radical (unpaired) electrons. The van der Waals surface area contributed by atoms with E-state index in [1.807, 2.05) is 18.3 Å². The molecule has 1 aliphatic rings. The molecule has 0 bridgehead atoms. The van der Waals surface area contributed by atoms with Crippen molar-refractivity contribution in [2.45, 2.75) is 20.4 Å². The van der Waals surface area contributed by atoms with Crippen molar-refractivity contribution in [3.63, 3.8) is 0 Å². The first-order valence-corrected chi connectivity index (χ1v) is 8.55. The Kier molecular flexibility index (Phi) is 4.04. The van der Waals surface area contributed by atoms with Gasteiger partial charge in [-0.25, -0.2) is 9.97 Å². The molecule has 1 aromatic carbocycles. The monoisotopic (exact) mass is 321 g/mol. The van der Waals surface area contributed by atoms with Crippen molar-refractivity contribution in [1.29, 1.82) is 0 Å². The molecule has 124 valence electrons. The number of piperazine rings is 1. The molecule has 0 amide bonds. The fourth-order valence-electron chi connectivity index (χ4n) is 3.49. The van der Waals surface area contributed by atoms with Crippen LogP contribution < -0.4 is 5.32 Å². The summed E-state index contributed by atoms with van der Waals surface area (Å²) in [5.74, 6) is 1.07. The van der Waals surface area contributed by atoms with Gasteiger partial charge in [-0.15, -0.1) is 0 Å². The topological polar surface area (TPSA) is 46.0 Å². The molecule has 3 heterocycles. The lowest BCUT2D eigenvalue weighted by Gasteiger charge is -2.27. The highest BCUT2D eigenvalue weighted by Gasteiger charge is 2.18. The highest BCUT2D eigenvalue weighted by atomic mass is 15.2. The van der Waals surface area contributed by atoms with Gasteiger partial charge in [0.05, 0.1) is 6.54 Å². The van der Waals surface area contributed by atoms with E-state index in [4.69, 9.17) is 4.98 Å². The summed E-state index contributed by atoms with van der Waals surface area (Å²) in [6.07, 6.45) is 1.85. The third kappa shape index (κ3) is 2.92. The van der Waals surface area contributed by atoms with Gasteiger partial charge in [0.25, 0.3) is 0 Å². The van der Waals surface area contributed by atoms with Crippen LogP contribution in [-0.4, -0.2) is 45.6 Å². The second kappa shape index (κ2) is 6.34. The highest BCUT2D eigenvalue weighted by molar-refractivity contribution is 5.74. The number of nitrogens with one attached hydrogen (secondary N) is 1. The maximum atomic E-state index is 4.88. The summed E-state index contributed by atoms with van der Waals surface area (Å²) in [5.41, 5.74) is 5.57. The Morgan fingerprint density at radius 1 is 1.08 bits per heavy atom. The van der Waals surface area contributed by atoms with Crippen molar-refractivity contribution in [3.8, 4) is 5.69 Å². The lowest BCUT2D eigenvalue weighted by Crippen LogP contribution is -2.43. The van der Waals surface area contributed by atoms with Crippen LogP contribution in [0.4, 0.5) is 0 Å². The molecule has 1 N–H and O–H groups in total. The van der Waals surface area contributed by atoms with Crippen molar-refractivity contribution < 1.29 is 0 Å². The number of benzene rings is 1. The fraction of sp³-hybridized carbons (Fsp3) is 0.368. The van der Waals surface area contributed by atoms with Crippen LogP contribution in [0.3, 0.4) is 0 Å². The van der Waals surface area contributed by atoms with Gasteiger partial charge in [-0.2, -0.15) is 0 Å². The maximum Gasteiger partial charge on any atom is 0.164 e. The SMILES string of the molecule is Cc1cc(C)cc(-n2c(CN3CCNCC3)nc3cccnc32)c1. The third-order valence-electron chi connectivity index (χ3n) is 4.52. The van der Waals surface area contributed by atoms with E-state index >= 15 is 0 Å². The molecule has 4 rings (SSSR count). The van der Waals surface area contributed by atoms with E-state index in [1.54, 1.807) is 0 Å². The number of hydrogen-bond donors (Lipinski definition) is 1. The Morgan fingerprint density at radius 2 is 1.83 bits per heavy atom. The van der Waals surface area contributed by atoms with Crippen LogP contribution in [0.2, 0.25) is 0 Å². The highest BCUT2D eigenvalue weighted by Crippen LogP contribution is 2.23. The van der Waals surface area contributed by atoms with Crippen LogP contribution in [-0.2, 0) is 6.54 Å². The van der Waals surface area contributed by atoms with Gasteiger partial charge in [0, 0.05) is 38.1 Å². The molecule has 0 atom stereocenters. The zero-order chi connectivity index (χ0) is 16.5. The minimum atomic E-state index is 0.852. The molecule has 5 heteroatoms. The zero-order valence-corrected chi connectivity index (χ0v) is 14.3. The van der Waals surface area contributed by atoms with Crippen LogP contribution in [0, 0.1) is 13.8 Å². The lowest BCUT2D eigenvalue weighted by molar-refractivity contribution is 0.227. The number of nitrogens with zero attached hydrogens (tertiary/aromatic N) is 4. The van der Waals surface area contributed by atoms with E-state index in [1.165, 1.54) is 11.1 Å². The van der Waals surface area contributed by atoms with E-state index in [9.17, 15) is 0 Å². The summed E-state index contributed by atoms with van der Waals surface area (Å²) in [4.78, 5) is 11.9. The lowest BCUT2D eigenvalue weighted by atomic mass is 10.1. The van der Waals surface area contributed by atoms with Crippen LogP contribution in [0.1, 0.15) is 17.0 Å². The van der Waals surface area contributed by atoms with E-state index in [2.05, 4.69) is 51.8 Å². The van der Waals surface area contributed by atoms with Crippen molar-refractivity contribution in [2.75, 3.05) is 26.2 Å². The molecule has 0 saturated carbocycles. The Labute approximate surface area is 142 Å². The molecule has 3 aromatic rings. The largest absolute Gasteiger partial charge is 0.314 e. The predicted octanol–water partition coefficient (Wildman–Crippen LogP) is 2.44. The van der Waals surface area contributed by atoms with E-state index in [-0.39, 0.29) is 0 Å². The van der Waals surface area contributed by atoms with Gasteiger partial charge in [-0.05, 0) is 49.2 Å². The second-order valence-electron chi connectivity index (χ2n) is 6.58. The van der Waals surface area contributed by atoms with Gasteiger partial charge in [-0.1, -0.05) is 6.07 Å². The van der Waals surface area contributed by atoms with Crippen LogP contribution >= 0.6 is 0 Å². The summed E-state index contributed by atoms with van der Waals surface area (Å²) < 4.78 is 2.22. The first-order valence-electron chi connectivity index (χ1n) is 8.55. The van der Waals surface area contributed by atoms with E-state index < -0.39 is 0 Å². The normalized spacial score (nSPS) is 15.9. The second-order valence-corrected chi connectivity index (χ2v) is 6.58. The van der Waals surface area contributed by atoms with E-state index in [0.717, 1.165) is 55.4 Å². The number of pyridine rings is 1. The van der Waals surface area contributed by atoms with Crippen molar-refractivity contribution >= 4 is 11.2 Å². The van der Waals surface area contributed by atoms with Crippen LogP contribution in [0.15, 0.2) is 36.5 Å². The summed E-state index contributed by atoms with van der Waals surface area (Å²) in [6, 6.07) is 10.6. The van der Waals surface area contributed by atoms with Crippen LogP contribution in [0.25, 0.3) is 16.9 Å². The van der Waals surface area contributed by atoms with Gasteiger partial charge in [0.2, 0.25) is 0 Å². The average Bonchev–Trinajstić information content (AvgIpc) is 2.92. The van der Waals surface area contributed by atoms with Crippen molar-refractivity contribution in [3.05, 3.63) is 53.5 Å². The van der Waals surface area contributed by atoms with E-state index in [0.29, 0.717) is 0 Å². The third-order valence-corrected chi connectivity index (χ3v) is 4.52. The molecule has 1 aliphatic heterocycles. The first kappa shape index (κ1) is 15.3. The number of rotatable bonds is 3. The molecule has 0 spiro atoms. The smallest absolute Gasteiger partial charge is 0.164 e. The predicted molar refractivity (Wildman–Crippen MR) is 96.5 cm³/mol. The molecule has 1 fully saturated rings. The number of aryl methyl sites for hydroxylation is 2. The van der Waals surface area contributed by atoms with Crippen LogP contribution in [0.5, 0.6) is 0 Å². The molecular formula is C19H23N5. The Hall–Kier alpha value is -2.24. The number of aromatic nitrogens is 3. The first-order chi connectivity index (χ1) is 11.7. The van der Waals surface area contributed by atoms with Gasteiger partial charge in [-0.3, -0.25) is 9.47 Å². The standard InChI is InChI=1S/C19H23N5/c1-14-10-15(2)12-16(11-14)24-18(13-23-8-6-20-7-9-23)22-17-4-3-5-21-19(17)24/h3-5,10-12,20H,6-9,13H2,1-2H3. The maximum absolute atomic E-state index is 4.88. The van der Waals surface area contributed by atoms with Crippen molar-refractivity contribution in [2.24, 2.45) is 0 Å². The molecule has 5 nitrogen and oxygen atoms in total. The average molecular weight is 321 g/mol. The van der Waals surface area contributed by atoms with Gasteiger partial charge < -0.3 is 5.32 Å². The molecule has 0 aliphatic carbocycles. The molecule has 24 heavy (non-hydrogen) atoms. The molecule has 2 aromatic heterocycles. The molecule has 1 saturated heterocycles. The summed E-state index contributed by atoms with van der Waals surface area (Å²) in [5, 5.41) is 3.41. The number of imidazole rings is 1. The van der Waals surface area contributed by atoms with Gasteiger partial charge >= 0.3 is 0 Å². The number of hydrogen-bond acceptors (Lipinski definition) is 4. The Balaban J connectivity index is 1.83. The van der Waals surface area contributed by atoms with Gasteiger partial charge in [0.1, 0.15) is 11.3 Å².